The van der Waals surface area contributed by atoms with E-state index in [0.29, 0.717) is 5.92 Å². The lowest BCUT2D eigenvalue weighted by molar-refractivity contribution is 0.232. The SMILES string of the molecule is Cc1[nH]c(C(CO)C(C)C)nc1-c1ccccc1Br. The quantitative estimate of drug-likeness (QED) is 0.897. The number of aromatic nitrogens is 2. The van der Waals surface area contributed by atoms with E-state index in [1.807, 2.05) is 31.2 Å². The van der Waals surface area contributed by atoms with E-state index in [1.54, 1.807) is 0 Å². The molecule has 1 atom stereocenters. The van der Waals surface area contributed by atoms with Gasteiger partial charge in [0, 0.05) is 21.6 Å². The summed E-state index contributed by atoms with van der Waals surface area (Å²) in [6.07, 6.45) is 0. The minimum Gasteiger partial charge on any atom is -0.396 e. The number of nitrogens with one attached hydrogen (secondary N) is 1. The monoisotopic (exact) mass is 322 g/mol. The lowest BCUT2D eigenvalue weighted by Crippen LogP contribution is -2.12. The number of hydrogen-bond donors (Lipinski definition) is 2. The molecular weight excluding hydrogens is 304 g/mol. The first-order chi connectivity index (χ1) is 9.04. The van der Waals surface area contributed by atoms with Gasteiger partial charge in [0.2, 0.25) is 0 Å². The van der Waals surface area contributed by atoms with E-state index in [4.69, 9.17) is 0 Å². The molecule has 0 fully saturated rings. The average Bonchev–Trinajstić information content (AvgIpc) is 2.72. The van der Waals surface area contributed by atoms with Gasteiger partial charge in [-0.25, -0.2) is 4.98 Å². The van der Waals surface area contributed by atoms with Crippen LogP contribution >= 0.6 is 15.9 Å². The van der Waals surface area contributed by atoms with Crippen LogP contribution in [-0.2, 0) is 0 Å². The van der Waals surface area contributed by atoms with Gasteiger partial charge in [0.25, 0.3) is 0 Å². The number of hydrogen-bond acceptors (Lipinski definition) is 2. The normalized spacial score (nSPS) is 12.9. The molecule has 0 aliphatic heterocycles. The van der Waals surface area contributed by atoms with Crippen LogP contribution in [0.25, 0.3) is 11.3 Å². The fourth-order valence-electron chi connectivity index (χ4n) is 2.19. The van der Waals surface area contributed by atoms with Gasteiger partial charge in [-0.1, -0.05) is 48.0 Å². The topological polar surface area (TPSA) is 48.9 Å². The number of aliphatic hydroxyl groups is 1. The summed E-state index contributed by atoms with van der Waals surface area (Å²) in [5, 5.41) is 9.51. The maximum Gasteiger partial charge on any atom is 0.112 e. The standard InChI is InChI=1S/C15H19BrN2O/c1-9(2)12(8-19)15-17-10(3)14(18-15)11-6-4-5-7-13(11)16/h4-7,9,12,19H,8H2,1-3H3,(H,17,18). The smallest absolute Gasteiger partial charge is 0.112 e. The van der Waals surface area contributed by atoms with Crippen molar-refractivity contribution in [1.82, 2.24) is 9.97 Å². The van der Waals surface area contributed by atoms with Crippen LogP contribution in [0.3, 0.4) is 0 Å². The van der Waals surface area contributed by atoms with Gasteiger partial charge in [0.15, 0.2) is 0 Å². The molecule has 2 aromatic rings. The molecule has 0 saturated heterocycles. The molecule has 0 aliphatic carbocycles. The molecule has 0 radical (unpaired) electrons. The summed E-state index contributed by atoms with van der Waals surface area (Å²) in [6.45, 7) is 6.31. The van der Waals surface area contributed by atoms with Crippen molar-refractivity contribution < 1.29 is 5.11 Å². The molecule has 1 aromatic carbocycles. The molecule has 19 heavy (non-hydrogen) atoms. The highest BCUT2D eigenvalue weighted by molar-refractivity contribution is 9.10. The fraction of sp³-hybridized carbons (Fsp3) is 0.400. The largest absolute Gasteiger partial charge is 0.396 e. The Labute approximate surface area is 122 Å². The number of imidazole rings is 1. The number of aliphatic hydroxyl groups excluding tert-OH is 1. The Kier molecular flexibility index (Phi) is 4.42. The van der Waals surface area contributed by atoms with Gasteiger partial charge in [0.05, 0.1) is 12.3 Å². The Morgan fingerprint density at radius 1 is 1.32 bits per heavy atom. The lowest BCUT2D eigenvalue weighted by Gasteiger charge is -2.15. The van der Waals surface area contributed by atoms with Crippen LogP contribution in [0.15, 0.2) is 28.7 Å². The highest BCUT2D eigenvalue weighted by Gasteiger charge is 2.20. The molecule has 0 spiro atoms. The number of nitrogens with zero attached hydrogens (tertiary/aromatic N) is 1. The number of aryl methyl sites for hydroxylation is 1. The third-order valence-corrected chi connectivity index (χ3v) is 4.08. The minimum atomic E-state index is 0.0509. The molecule has 102 valence electrons. The predicted molar refractivity (Wildman–Crippen MR) is 81.1 cm³/mol. The summed E-state index contributed by atoms with van der Waals surface area (Å²) < 4.78 is 1.03. The molecular formula is C15H19BrN2O. The summed E-state index contributed by atoms with van der Waals surface area (Å²) in [5.41, 5.74) is 3.05. The first-order valence-corrected chi connectivity index (χ1v) is 7.26. The van der Waals surface area contributed by atoms with E-state index < -0.39 is 0 Å². The number of H-pyrrole nitrogens is 1. The number of aromatic amines is 1. The maximum atomic E-state index is 9.51. The van der Waals surface area contributed by atoms with Crippen molar-refractivity contribution in [3.05, 3.63) is 40.3 Å². The van der Waals surface area contributed by atoms with Gasteiger partial charge in [-0.15, -0.1) is 0 Å². The van der Waals surface area contributed by atoms with Gasteiger partial charge in [-0.2, -0.15) is 0 Å². The van der Waals surface area contributed by atoms with E-state index >= 15 is 0 Å². The van der Waals surface area contributed by atoms with E-state index in [1.165, 1.54) is 0 Å². The fourth-order valence-corrected chi connectivity index (χ4v) is 2.66. The highest BCUT2D eigenvalue weighted by atomic mass is 79.9. The van der Waals surface area contributed by atoms with Gasteiger partial charge < -0.3 is 10.1 Å². The van der Waals surface area contributed by atoms with Crippen LogP contribution in [0.4, 0.5) is 0 Å². The molecule has 4 heteroatoms. The Morgan fingerprint density at radius 2 is 2.00 bits per heavy atom. The molecule has 2 rings (SSSR count). The van der Waals surface area contributed by atoms with Crippen molar-refractivity contribution >= 4 is 15.9 Å². The zero-order valence-corrected chi connectivity index (χ0v) is 13.0. The average molecular weight is 323 g/mol. The van der Waals surface area contributed by atoms with Crippen LogP contribution in [0.5, 0.6) is 0 Å². The van der Waals surface area contributed by atoms with Gasteiger partial charge in [0.1, 0.15) is 5.82 Å². The van der Waals surface area contributed by atoms with Crippen LogP contribution in [-0.4, -0.2) is 21.7 Å². The highest BCUT2D eigenvalue weighted by Crippen LogP contribution is 2.31. The van der Waals surface area contributed by atoms with Gasteiger partial charge >= 0.3 is 0 Å². The van der Waals surface area contributed by atoms with Gasteiger partial charge in [-0.3, -0.25) is 0 Å². The van der Waals surface area contributed by atoms with Crippen molar-refractivity contribution in [3.8, 4) is 11.3 Å². The van der Waals surface area contributed by atoms with Crippen molar-refractivity contribution in [2.75, 3.05) is 6.61 Å². The molecule has 0 bridgehead atoms. The predicted octanol–water partition coefficient (Wildman–Crippen LogP) is 3.88. The summed E-state index contributed by atoms with van der Waals surface area (Å²) in [5.74, 6) is 1.26. The molecule has 3 nitrogen and oxygen atoms in total. The van der Waals surface area contributed by atoms with Crippen molar-refractivity contribution in [3.63, 3.8) is 0 Å². The number of rotatable bonds is 4. The third kappa shape index (κ3) is 2.90. The molecule has 1 aromatic heterocycles. The zero-order chi connectivity index (χ0) is 14.0. The summed E-state index contributed by atoms with van der Waals surface area (Å²) >= 11 is 3.56. The second-order valence-corrected chi connectivity index (χ2v) is 5.96. The molecule has 1 unspecified atom stereocenters. The van der Waals surface area contributed by atoms with Crippen molar-refractivity contribution in [2.45, 2.75) is 26.7 Å². The summed E-state index contributed by atoms with van der Waals surface area (Å²) in [6, 6.07) is 8.04. The minimum absolute atomic E-state index is 0.0509. The van der Waals surface area contributed by atoms with E-state index in [2.05, 4.69) is 39.7 Å². The molecule has 2 N–H and O–H groups in total. The first-order valence-electron chi connectivity index (χ1n) is 6.46. The maximum absolute atomic E-state index is 9.51. The Hall–Kier alpha value is -1.13. The first kappa shape index (κ1) is 14.3. The summed E-state index contributed by atoms with van der Waals surface area (Å²) in [4.78, 5) is 8.00. The molecule has 0 aliphatic rings. The van der Waals surface area contributed by atoms with E-state index in [-0.39, 0.29) is 12.5 Å². The van der Waals surface area contributed by atoms with Crippen LogP contribution in [0.2, 0.25) is 0 Å². The second-order valence-electron chi connectivity index (χ2n) is 5.11. The number of benzene rings is 1. The van der Waals surface area contributed by atoms with Gasteiger partial charge in [-0.05, 0) is 18.9 Å². The second kappa shape index (κ2) is 5.88. The Morgan fingerprint density at radius 3 is 2.58 bits per heavy atom. The van der Waals surface area contributed by atoms with Crippen LogP contribution in [0, 0.1) is 12.8 Å². The van der Waals surface area contributed by atoms with E-state index in [9.17, 15) is 5.11 Å². The van der Waals surface area contributed by atoms with Crippen molar-refractivity contribution in [1.29, 1.82) is 0 Å². The van der Waals surface area contributed by atoms with Crippen LogP contribution in [0.1, 0.15) is 31.3 Å². The third-order valence-electron chi connectivity index (χ3n) is 3.38. The van der Waals surface area contributed by atoms with Crippen molar-refractivity contribution in [2.24, 2.45) is 5.92 Å². The Bertz CT molecular complexity index is 563. The van der Waals surface area contributed by atoms with Crippen LogP contribution < -0.4 is 0 Å². The molecule has 0 amide bonds. The van der Waals surface area contributed by atoms with E-state index in [0.717, 1.165) is 27.2 Å². The Balaban J connectivity index is 2.45. The lowest BCUT2D eigenvalue weighted by atomic mass is 9.96. The molecule has 0 saturated carbocycles. The zero-order valence-electron chi connectivity index (χ0n) is 11.4. The molecule has 1 heterocycles. The summed E-state index contributed by atoms with van der Waals surface area (Å²) in [7, 11) is 0. The number of halogens is 1.